The summed E-state index contributed by atoms with van der Waals surface area (Å²) in [6, 6.07) is 0.729. The molecule has 3 fully saturated rings. The predicted octanol–water partition coefficient (Wildman–Crippen LogP) is 2.66. The molecule has 0 radical (unpaired) electrons. The third-order valence-electron chi connectivity index (χ3n) is 6.04. The van der Waals surface area contributed by atoms with E-state index in [4.69, 9.17) is 4.74 Å². The number of ether oxygens (including phenoxy) is 1. The van der Waals surface area contributed by atoms with Gasteiger partial charge in [-0.25, -0.2) is 0 Å². The molecular weight excluding hydrogens is 248 g/mol. The molecule has 1 N–H and O–H groups in total. The molecule has 1 spiro atoms. The Hall–Kier alpha value is -0.120. The lowest BCUT2D eigenvalue weighted by atomic mass is 9.87. The molecule has 3 nitrogen and oxygen atoms in total. The van der Waals surface area contributed by atoms with Crippen molar-refractivity contribution in [3.63, 3.8) is 0 Å². The van der Waals surface area contributed by atoms with E-state index in [9.17, 15) is 0 Å². The molecule has 3 aliphatic rings. The minimum atomic E-state index is 0.448. The van der Waals surface area contributed by atoms with E-state index in [-0.39, 0.29) is 0 Å². The van der Waals surface area contributed by atoms with Crippen molar-refractivity contribution in [1.29, 1.82) is 0 Å². The number of rotatable bonds is 4. The summed E-state index contributed by atoms with van der Waals surface area (Å²) in [6.07, 6.45) is 8.17. The molecule has 2 aliphatic heterocycles. The summed E-state index contributed by atoms with van der Waals surface area (Å²) >= 11 is 0. The van der Waals surface area contributed by atoms with Crippen LogP contribution in [0.25, 0.3) is 0 Å². The maximum atomic E-state index is 5.60. The van der Waals surface area contributed by atoms with Crippen LogP contribution in [0.4, 0.5) is 0 Å². The lowest BCUT2D eigenvalue weighted by Gasteiger charge is -2.49. The SMILES string of the molecule is CCC(C)C1CNC2(CCCC2)CN1CC1CCOC1. The molecule has 1 saturated carbocycles. The highest BCUT2D eigenvalue weighted by Gasteiger charge is 2.42. The molecule has 3 heteroatoms. The minimum Gasteiger partial charge on any atom is -0.381 e. The van der Waals surface area contributed by atoms with Gasteiger partial charge >= 0.3 is 0 Å². The molecule has 2 heterocycles. The number of hydrogen-bond acceptors (Lipinski definition) is 3. The van der Waals surface area contributed by atoms with Crippen LogP contribution < -0.4 is 5.32 Å². The van der Waals surface area contributed by atoms with E-state index >= 15 is 0 Å². The molecule has 0 aromatic rings. The zero-order valence-electron chi connectivity index (χ0n) is 13.4. The molecule has 3 unspecified atom stereocenters. The summed E-state index contributed by atoms with van der Waals surface area (Å²) in [5, 5.41) is 3.94. The molecule has 116 valence electrons. The summed E-state index contributed by atoms with van der Waals surface area (Å²) in [5.74, 6) is 1.57. The summed E-state index contributed by atoms with van der Waals surface area (Å²) in [7, 11) is 0. The van der Waals surface area contributed by atoms with Crippen molar-refractivity contribution >= 4 is 0 Å². The van der Waals surface area contributed by atoms with E-state index < -0.39 is 0 Å². The zero-order valence-corrected chi connectivity index (χ0v) is 13.4. The Bertz CT molecular complexity index is 308. The minimum absolute atomic E-state index is 0.448. The largest absolute Gasteiger partial charge is 0.381 e. The fourth-order valence-electron chi connectivity index (χ4n) is 4.49. The van der Waals surface area contributed by atoms with Crippen LogP contribution in [-0.2, 0) is 4.74 Å². The van der Waals surface area contributed by atoms with Crippen molar-refractivity contribution in [3.05, 3.63) is 0 Å². The van der Waals surface area contributed by atoms with Gasteiger partial charge in [0, 0.05) is 37.8 Å². The van der Waals surface area contributed by atoms with E-state index in [1.165, 1.54) is 58.2 Å². The Morgan fingerprint density at radius 3 is 2.80 bits per heavy atom. The van der Waals surface area contributed by atoms with Gasteiger partial charge in [0.05, 0.1) is 6.61 Å². The first kappa shape index (κ1) is 14.8. The average molecular weight is 280 g/mol. The van der Waals surface area contributed by atoms with Crippen LogP contribution in [0, 0.1) is 11.8 Å². The second-order valence-corrected chi connectivity index (χ2v) is 7.48. The summed E-state index contributed by atoms with van der Waals surface area (Å²) < 4.78 is 5.60. The van der Waals surface area contributed by atoms with Crippen LogP contribution in [0.1, 0.15) is 52.4 Å². The third kappa shape index (κ3) is 3.05. The Labute approximate surface area is 124 Å². The lowest BCUT2D eigenvalue weighted by molar-refractivity contribution is 0.0375. The van der Waals surface area contributed by atoms with E-state index in [2.05, 4.69) is 24.1 Å². The molecule has 0 aromatic heterocycles. The van der Waals surface area contributed by atoms with Crippen molar-refractivity contribution in [2.24, 2.45) is 11.8 Å². The van der Waals surface area contributed by atoms with Crippen LogP contribution in [0.3, 0.4) is 0 Å². The van der Waals surface area contributed by atoms with Gasteiger partial charge in [0.1, 0.15) is 0 Å². The van der Waals surface area contributed by atoms with E-state index in [1.807, 2.05) is 0 Å². The van der Waals surface area contributed by atoms with Gasteiger partial charge in [0.25, 0.3) is 0 Å². The number of hydrogen-bond donors (Lipinski definition) is 1. The van der Waals surface area contributed by atoms with E-state index in [0.29, 0.717) is 5.54 Å². The van der Waals surface area contributed by atoms with Crippen LogP contribution >= 0.6 is 0 Å². The quantitative estimate of drug-likeness (QED) is 0.857. The summed E-state index contributed by atoms with van der Waals surface area (Å²) in [4.78, 5) is 2.83. The standard InChI is InChI=1S/C17H32N2O/c1-3-14(2)16-10-18-17(7-4-5-8-17)13-19(16)11-15-6-9-20-12-15/h14-16,18H,3-13H2,1-2H3. The van der Waals surface area contributed by atoms with Crippen molar-refractivity contribution in [2.75, 3.05) is 32.8 Å². The highest BCUT2D eigenvalue weighted by molar-refractivity contribution is 5.02. The predicted molar refractivity (Wildman–Crippen MR) is 82.9 cm³/mol. The van der Waals surface area contributed by atoms with Crippen molar-refractivity contribution < 1.29 is 4.74 Å². The van der Waals surface area contributed by atoms with Crippen molar-refractivity contribution in [1.82, 2.24) is 10.2 Å². The van der Waals surface area contributed by atoms with Gasteiger partial charge in [-0.1, -0.05) is 33.1 Å². The maximum Gasteiger partial charge on any atom is 0.0507 e. The Kier molecular flexibility index (Phi) is 4.68. The highest BCUT2D eigenvalue weighted by Crippen LogP contribution is 2.35. The van der Waals surface area contributed by atoms with Gasteiger partial charge in [0.2, 0.25) is 0 Å². The Morgan fingerprint density at radius 2 is 2.15 bits per heavy atom. The third-order valence-corrected chi connectivity index (χ3v) is 6.04. The number of piperazine rings is 1. The smallest absolute Gasteiger partial charge is 0.0507 e. The number of nitrogens with one attached hydrogen (secondary N) is 1. The molecule has 0 bridgehead atoms. The van der Waals surface area contributed by atoms with Crippen molar-refractivity contribution in [2.45, 2.75) is 64.0 Å². The van der Waals surface area contributed by atoms with Crippen LogP contribution in [0.2, 0.25) is 0 Å². The molecule has 3 atom stereocenters. The second kappa shape index (κ2) is 6.33. The molecule has 0 amide bonds. The van der Waals surface area contributed by atoms with E-state index in [1.54, 1.807) is 0 Å². The maximum absolute atomic E-state index is 5.60. The van der Waals surface area contributed by atoms with Gasteiger partial charge in [-0.15, -0.1) is 0 Å². The summed E-state index contributed by atoms with van der Waals surface area (Å²) in [6.45, 7) is 10.5. The van der Waals surface area contributed by atoms with Gasteiger partial charge in [-0.2, -0.15) is 0 Å². The summed E-state index contributed by atoms with van der Waals surface area (Å²) in [5.41, 5.74) is 0.448. The normalized spacial score (nSPS) is 35.7. The second-order valence-electron chi connectivity index (χ2n) is 7.48. The molecule has 3 rings (SSSR count). The molecule has 1 aliphatic carbocycles. The zero-order chi connectivity index (χ0) is 14.0. The van der Waals surface area contributed by atoms with Gasteiger partial charge in [-0.3, -0.25) is 4.90 Å². The van der Waals surface area contributed by atoms with Crippen LogP contribution in [0.5, 0.6) is 0 Å². The molecule has 0 aromatic carbocycles. The number of nitrogens with zero attached hydrogens (tertiary/aromatic N) is 1. The van der Waals surface area contributed by atoms with Crippen LogP contribution in [-0.4, -0.2) is 49.3 Å². The Morgan fingerprint density at radius 1 is 1.35 bits per heavy atom. The van der Waals surface area contributed by atoms with Crippen molar-refractivity contribution in [3.8, 4) is 0 Å². The lowest BCUT2D eigenvalue weighted by Crippen LogP contribution is -2.65. The topological polar surface area (TPSA) is 24.5 Å². The molecule has 2 saturated heterocycles. The molecule has 20 heavy (non-hydrogen) atoms. The highest BCUT2D eigenvalue weighted by atomic mass is 16.5. The first-order valence-corrected chi connectivity index (χ1v) is 8.79. The van der Waals surface area contributed by atoms with Gasteiger partial charge in [-0.05, 0) is 31.1 Å². The monoisotopic (exact) mass is 280 g/mol. The Balaban J connectivity index is 1.67. The fourth-order valence-corrected chi connectivity index (χ4v) is 4.49. The van der Waals surface area contributed by atoms with Gasteiger partial charge < -0.3 is 10.1 Å². The average Bonchev–Trinajstić information content (AvgIpc) is 3.11. The van der Waals surface area contributed by atoms with E-state index in [0.717, 1.165) is 31.1 Å². The first-order chi connectivity index (χ1) is 9.72. The fraction of sp³-hybridized carbons (Fsp3) is 1.00. The van der Waals surface area contributed by atoms with Crippen LogP contribution in [0.15, 0.2) is 0 Å². The van der Waals surface area contributed by atoms with Gasteiger partial charge in [0.15, 0.2) is 0 Å². The first-order valence-electron chi connectivity index (χ1n) is 8.79. The molecular formula is C17H32N2O.